The maximum absolute atomic E-state index is 11.0. The van der Waals surface area contributed by atoms with Crippen molar-refractivity contribution in [3.05, 3.63) is 11.8 Å². The number of hydrogen-bond acceptors (Lipinski definition) is 4. The van der Waals surface area contributed by atoms with Crippen molar-refractivity contribution in [3.63, 3.8) is 0 Å². The zero-order valence-corrected chi connectivity index (χ0v) is 8.77. The topological polar surface area (TPSA) is 82.0 Å². The fourth-order valence-corrected chi connectivity index (χ4v) is 2.04. The lowest BCUT2D eigenvalue weighted by Crippen LogP contribution is -2.20. The predicted molar refractivity (Wildman–Crippen MR) is 53.0 cm³/mol. The average molecular weight is 209 g/mol. The number of carbonyl (C=O) groups excluding carboxylic acids is 1. The van der Waals surface area contributed by atoms with Crippen LogP contribution in [0.2, 0.25) is 0 Å². The summed E-state index contributed by atoms with van der Waals surface area (Å²) in [5, 5.41) is 7.91. The molecule has 2 atom stereocenters. The first-order valence-electron chi connectivity index (χ1n) is 5.32. The molecule has 1 aliphatic carbocycles. The Bertz CT molecular complexity index is 361. The molecular formula is C10H15N3O2. The van der Waals surface area contributed by atoms with Crippen LogP contribution in [0.3, 0.4) is 0 Å². The summed E-state index contributed by atoms with van der Waals surface area (Å²) in [4.78, 5) is 11.0. The fraction of sp³-hybridized carbons (Fsp3) is 0.700. The van der Waals surface area contributed by atoms with Crippen LogP contribution in [0.5, 0.6) is 0 Å². The first-order chi connectivity index (χ1) is 7.20. The molecule has 1 aliphatic rings. The average Bonchev–Trinajstić information content (AvgIpc) is 2.86. The molecule has 0 bridgehead atoms. The van der Waals surface area contributed by atoms with Crippen molar-refractivity contribution >= 4 is 5.91 Å². The predicted octanol–water partition coefficient (Wildman–Crippen LogP) is 1.00. The fourth-order valence-electron chi connectivity index (χ4n) is 2.04. The Hall–Kier alpha value is -1.39. The van der Waals surface area contributed by atoms with E-state index in [9.17, 15) is 4.79 Å². The Morgan fingerprint density at radius 3 is 2.87 bits per heavy atom. The van der Waals surface area contributed by atoms with Crippen LogP contribution in [-0.4, -0.2) is 16.1 Å². The number of carbonyl (C=O) groups is 1. The van der Waals surface area contributed by atoms with Crippen LogP contribution < -0.4 is 5.73 Å². The van der Waals surface area contributed by atoms with E-state index in [1.807, 2.05) is 6.92 Å². The van der Waals surface area contributed by atoms with E-state index in [1.54, 1.807) is 0 Å². The lowest BCUT2D eigenvalue weighted by Gasteiger charge is -2.03. The Kier molecular flexibility index (Phi) is 2.70. The van der Waals surface area contributed by atoms with Gasteiger partial charge in [-0.05, 0) is 19.3 Å². The Morgan fingerprint density at radius 1 is 1.53 bits per heavy atom. The Balaban J connectivity index is 2.04. The van der Waals surface area contributed by atoms with Gasteiger partial charge in [-0.2, -0.15) is 0 Å². The summed E-state index contributed by atoms with van der Waals surface area (Å²) < 4.78 is 5.47. The van der Waals surface area contributed by atoms with Crippen molar-refractivity contribution in [1.29, 1.82) is 0 Å². The molecule has 2 rings (SSSR count). The number of aromatic nitrogens is 2. The zero-order valence-electron chi connectivity index (χ0n) is 8.77. The van der Waals surface area contributed by atoms with E-state index in [0.29, 0.717) is 11.8 Å². The lowest BCUT2D eigenvalue weighted by molar-refractivity contribution is -0.121. The van der Waals surface area contributed by atoms with Gasteiger partial charge in [-0.1, -0.05) is 6.92 Å². The highest BCUT2D eigenvalue weighted by molar-refractivity contribution is 5.77. The maximum Gasteiger partial charge on any atom is 0.220 e. The molecule has 82 valence electrons. The molecule has 2 N–H and O–H groups in total. The molecule has 1 fully saturated rings. The summed E-state index contributed by atoms with van der Waals surface area (Å²) in [6, 6.07) is 0. The SMILES string of the molecule is CCc1nnc([C@H]2CC[C@@H](C(N)=O)C2)o1. The van der Waals surface area contributed by atoms with Gasteiger partial charge in [-0.15, -0.1) is 10.2 Å². The van der Waals surface area contributed by atoms with Gasteiger partial charge in [0.1, 0.15) is 0 Å². The highest BCUT2D eigenvalue weighted by Crippen LogP contribution is 2.37. The second-order valence-corrected chi connectivity index (χ2v) is 4.00. The number of nitrogens with zero attached hydrogens (tertiary/aromatic N) is 2. The summed E-state index contributed by atoms with van der Waals surface area (Å²) in [5.41, 5.74) is 5.26. The van der Waals surface area contributed by atoms with Crippen LogP contribution in [-0.2, 0) is 11.2 Å². The van der Waals surface area contributed by atoms with Gasteiger partial charge in [0.15, 0.2) is 0 Å². The quantitative estimate of drug-likeness (QED) is 0.805. The molecule has 0 spiro atoms. The van der Waals surface area contributed by atoms with Gasteiger partial charge in [0.05, 0.1) is 0 Å². The van der Waals surface area contributed by atoms with Crippen molar-refractivity contribution in [2.45, 2.75) is 38.5 Å². The van der Waals surface area contributed by atoms with Gasteiger partial charge in [-0.3, -0.25) is 4.79 Å². The van der Waals surface area contributed by atoms with Gasteiger partial charge in [0.2, 0.25) is 17.7 Å². The third-order valence-corrected chi connectivity index (χ3v) is 2.97. The molecule has 0 aromatic carbocycles. The number of aryl methyl sites for hydroxylation is 1. The Labute approximate surface area is 88.0 Å². The molecule has 1 amide bonds. The Morgan fingerprint density at radius 2 is 2.33 bits per heavy atom. The van der Waals surface area contributed by atoms with E-state index < -0.39 is 0 Å². The highest BCUT2D eigenvalue weighted by atomic mass is 16.4. The molecule has 1 saturated carbocycles. The second kappa shape index (κ2) is 4.00. The van der Waals surface area contributed by atoms with E-state index in [1.165, 1.54) is 0 Å². The van der Waals surface area contributed by atoms with Crippen molar-refractivity contribution in [3.8, 4) is 0 Å². The summed E-state index contributed by atoms with van der Waals surface area (Å²) >= 11 is 0. The molecule has 5 heteroatoms. The lowest BCUT2D eigenvalue weighted by atomic mass is 10.0. The smallest absolute Gasteiger partial charge is 0.220 e. The van der Waals surface area contributed by atoms with Crippen LogP contribution >= 0.6 is 0 Å². The van der Waals surface area contributed by atoms with E-state index in [0.717, 1.165) is 25.7 Å². The van der Waals surface area contributed by atoms with E-state index >= 15 is 0 Å². The standard InChI is InChI=1S/C10H15N3O2/c1-2-8-12-13-10(15-8)7-4-3-6(5-7)9(11)14/h6-7H,2-5H2,1H3,(H2,11,14)/t6-,7+/m1/s1. The molecule has 1 heterocycles. The van der Waals surface area contributed by atoms with Gasteiger partial charge >= 0.3 is 0 Å². The van der Waals surface area contributed by atoms with Crippen LogP contribution in [0.15, 0.2) is 4.42 Å². The molecule has 1 aromatic heterocycles. The first-order valence-corrected chi connectivity index (χ1v) is 5.32. The van der Waals surface area contributed by atoms with Crippen LogP contribution in [0.25, 0.3) is 0 Å². The van der Waals surface area contributed by atoms with Crippen molar-refractivity contribution < 1.29 is 9.21 Å². The number of nitrogens with two attached hydrogens (primary N) is 1. The number of hydrogen-bond donors (Lipinski definition) is 1. The van der Waals surface area contributed by atoms with Gasteiger partial charge in [0, 0.05) is 18.3 Å². The van der Waals surface area contributed by atoms with Crippen LogP contribution in [0.4, 0.5) is 0 Å². The zero-order chi connectivity index (χ0) is 10.8. The van der Waals surface area contributed by atoms with E-state index in [2.05, 4.69) is 10.2 Å². The summed E-state index contributed by atoms with van der Waals surface area (Å²) in [7, 11) is 0. The molecule has 0 saturated heterocycles. The van der Waals surface area contributed by atoms with Gasteiger partial charge in [0.25, 0.3) is 0 Å². The number of rotatable bonds is 3. The monoisotopic (exact) mass is 209 g/mol. The third-order valence-electron chi connectivity index (χ3n) is 2.97. The van der Waals surface area contributed by atoms with Crippen molar-refractivity contribution in [1.82, 2.24) is 10.2 Å². The molecule has 15 heavy (non-hydrogen) atoms. The molecule has 0 aliphatic heterocycles. The number of amides is 1. The van der Waals surface area contributed by atoms with Gasteiger partial charge in [-0.25, -0.2) is 0 Å². The minimum atomic E-state index is -0.215. The first kappa shape index (κ1) is 10.1. The van der Waals surface area contributed by atoms with Crippen molar-refractivity contribution in [2.75, 3.05) is 0 Å². The molecule has 5 nitrogen and oxygen atoms in total. The van der Waals surface area contributed by atoms with E-state index in [4.69, 9.17) is 10.2 Å². The summed E-state index contributed by atoms with van der Waals surface area (Å²) in [5.74, 6) is 1.30. The summed E-state index contributed by atoms with van der Waals surface area (Å²) in [6.45, 7) is 1.97. The maximum atomic E-state index is 11.0. The largest absolute Gasteiger partial charge is 0.425 e. The molecule has 1 aromatic rings. The minimum Gasteiger partial charge on any atom is -0.425 e. The third kappa shape index (κ3) is 2.00. The highest BCUT2D eigenvalue weighted by Gasteiger charge is 2.32. The second-order valence-electron chi connectivity index (χ2n) is 4.00. The van der Waals surface area contributed by atoms with Crippen LogP contribution in [0, 0.1) is 5.92 Å². The molecule has 0 radical (unpaired) electrons. The number of primary amides is 1. The van der Waals surface area contributed by atoms with Crippen molar-refractivity contribution in [2.24, 2.45) is 11.7 Å². The summed E-state index contributed by atoms with van der Waals surface area (Å²) in [6.07, 6.45) is 3.25. The minimum absolute atomic E-state index is 0.0213. The molecular weight excluding hydrogens is 194 g/mol. The van der Waals surface area contributed by atoms with Gasteiger partial charge < -0.3 is 10.2 Å². The molecule has 0 unspecified atom stereocenters. The van der Waals surface area contributed by atoms with Crippen LogP contribution in [0.1, 0.15) is 43.9 Å². The normalized spacial score (nSPS) is 25.7. The van der Waals surface area contributed by atoms with E-state index in [-0.39, 0.29) is 17.7 Å².